The maximum Gasteiger partial charge on any atom is 0.164 e. The van der Waals surface area contributed by atoms with Crippen LogP contribution in [0.2, 0.25) is 0 Å². The Bertz CT molecular complexity index is 370. The van der Waals surface area contributed by atoms with Crippen LogP contribution < -0.4 is 0 Å². The van der Waals surface area contributed by atoms with Gasteiger partial charge in [0.05, 0.1) is 0 Å². The summed E-state index contributed by atoms with van der Waals surface area (Å²) in [6.07, 6.45) is 7.01. The normalized spacial score (nSPS) is 17.6. The zero-order valence-electron chi connectivity index (χ0n) is 9.32. The number of ketones is 1. The minimum Gasteiger partial charge on any atom is -0.347 e. The molecule has 1 aromatic rings. The molecule has 1 aliphatic rings. The lowest BCUT2D eigenvalue weighted by Gasteiger charge is -2.19. The number of carbonyl (C=O) groups is 1. The third-order valence-corrected chi connectivity index (χ3v) is 3.84. The number of hydrogen-bond acceptors (Lipinski definition) is 2. The second-order valence-corrected chi connectivity index (χ2v) is 5.08. The van der Waals surface area contributed by atoms with E-state index in [2.05, 4.69) is 23.9 Å². The number of fused-ring (bicyclic) bond motifs is 1. The van der Waals surface area contributed by atoms with E-state index in [-0.39, 0.29) is 0 Å². The van der Waals surface area contributed by atoms with Gasteiger partial charge in [0, 0.05) is 35.7 Å². The number of hydrogen-bond donors (Lipinski definition) is 0. The van der Waals surface area contributed by atoms with Gasteiger partial charge in [0.25, 0.3) is 0 Å². The molecule has 0 spiro atoms. The van der Waals surface area contributed by atoms with E-state index in [0.29, 0.717) is 11.8 Å². The number of thioether (sulfide) groups is 1. The number of rotatable bonds is 3. The minimum atomic E-state index is 0.325. The molecule has 0 saturated heterocycles. The molecule has 0 fully saturated rings. The van der Waals surface area contributed by atoms with E-state index in [1.807, 2.05) is 17.8 Å². The summed E-state index contributed by atoms with van der Waals surface area (Å²) in [5.41, 5.74) is 2.22. The monoisotopic (exact) mass is 223 g/mol. The molecule has 0 aliphatic heterocycles. The Labute approximate surface area is 95.0 Å². The molecule has 2 nitrogen and oxygen atoms in total. The molecule has 0 amide bonds. The Hall–Kier alpha value is -0.700. The third-order valence-electron chi connectivity index (χ3n) is 3.02. The van der Waals surface area contributed by atoms with Crippen LogP contribution in [0.1, 0.15) is 41.9 Å². The first-order valence-electron chi connectivity index (χ1n) is 5.46. The van der Waals surface area contributed by atoms with E-state index in [9.17, 15) is 4.79 Å². The van der Waals surface area contributed by atoms with Crippen LogP contribution >= 0.6 is 11.8 Å². The van der Waals surface area contributed by atoms with Gasteiger partial charge in [-0.15, -0.1) is 0 Å². The van der Waals surface area contributed by atoms with E-state index >= 15 is 0 Å². The maximum atomic E-state index is 11.7. The van der Waals surface area contributed by atoms with E-state index in [0.717, 1.165) is 30.6 Å². The van der Waals surface area contributed by atoms with Gasteiger partial charge in [-0.2, -0.15) is 11.8 Å². The van der Waals surface area contributed by atoms with Gasteiger partial charge in [0.15, 0.2) is 5.78 Å². The summed E-state index contributed by atoms with van der Waals surface area (Å²) in [6, 6.07) is 2.49. The molecule has 82 valence electrons. The molecular weight excluding hydrogens is 206 g/mol. The second-order valence-electron chi connectivity index (χ2n) is 4.16. The molecule has 1 atom stereocenters. The minimum absolute atomic E-state index is 0.325. The van der Waals surface area contributed by atoms with Gasteiger partial charge in [0.1, 0.15) is 0 Å². The van der Waals surface area contributed by atoms with Gasteiger partial charge >= 0.3 is 0 Å². The summed E-state index contributed by atoms with van der Waals surface area (Å²) in [7, 11) is 0. The van der Waals surface area contributed by atoms with Crippen molar-refractivity contribution in [2.75, 3.05) is 12.0 Å². The molecule has 1 heterocycles. The maximum absolute atomic E-state index is 11.7. The molecule has 0 bridgehead atoms. The van der Waals surface area contributed by atoms with Crippen molar-refractivity contribution in [3.8, 4) is 0 Å². The molecule has 15 heavy (non-hydrogen) atoms. The Morgan fingerprint density at radius 1 is 1.53 bits per heavy atom. The largest absolute Gasteiger partial charge is 0.347 e. The number of aromatic nitrogens is 1. The molecule has 3 heteroatoms. The fourth-order valence-electron chi connectivity index (χ4n) is 2.28. The summed E-state index contributed by atoms with van der Waals surface area (Å²) >= 11 is 1.85. The summed E-state index contributed by atoms with van der Waals surface area (Å²) in [4.78, 5) is 11.7. The second kappa shape index (κ2) is 4.44. The quantitative estimate of drug-likeness (QED) is 0.786. The van der Waals surface area contributed by atoms with Gasteiger partial charge in [0.2, 0.25) is 0 Å². The molecule has 0 radical (unpaired) electrons. The summed E-state index contributed by atoms with van der Waals surface area (Å²) < 4.78 is 2.28. The summed E-state index contributed by atoms with van der Waals surface area (Å²) in [5, 5.41) is 0. The molecule has 2 rings (SSSR count). The Morgan fingerprint density at radius 2 is 2.33 bits per heavy atom. The van der Waals surface area contributed by atoms with Crippen molar-refractivity contribution in [3.05, 3.63) is 23.5 Å². The van der Waals surface area contributed by atoms with Crippen LogP contribution in [-0.2, 0) is 6.42 Å². The van der Waals surface area contributed by atoms with Crippen LogP contribution in [0.4, 0.5) is 0 Å². The third kappa shape index (κ3) is 1.98. The smallest absolute Gasteiger partial charge is 0.164 e. The molecular formula is C12H17NOS. The van der Waals surface area contributed by atoms with E-state index in [4.69, 9.17) is 0 Å². The van der Waals surface area contributed by atoms with Crippen molar-refractivity contribution in [2.45, 2.75) is 32.2 Å². The highest BCUT2D eigenvalue weighted by atomic mass is 32.2. The van der Waals surface area contributed by atoms with Gasteiger partial charge in [-0.1, -0.05) is 0 Å². The molecule has 0 saturated carbocycles. The van der Waals surface area contributed by atoms with E-state index in [1.54, 1.807) is 0 Å². The van der Waals surface area contributed by atoms with Gasteiger partial charge < -0.3 is 4.57 Å². The van der Waals surface area contributed by atoms with Crippen molar-refractivity contribution in [1.29, 1.82) is 0 Å². The highest BCUT2D eigenvalue weighted by Crippen LogP contribution is 2.26. The molecule has 0 aromatic carbocycles. The van der Waals surface area contributed by atoms with Gasteiger partial charge in [-0.05, 0) is 32.1 Å². The highest BCUT2D eigenvalue weighted by Gasteiger charge is 2.21. The van der Waals surface area contributed by atoms with Crippen LogP contribution in [0.15, 0.2) is 12.3 Å². The number of nitrogens with zero attached hydrogens (tertiary/aromatic N) is 1. The molecule has 1 aromatic heterocycles. The van der Waals surface area contributed by atoms with E-state index < -0.39 is 0 Å². The molecule has 1 aliphatic carbocycles. The zero-order chi connectivity index (χ0) is 10.8. The fourth-order valence-corrected chi connectivity index (χ4v) is 2.93. The lowest BCUT2D eigenvalue weighted by atomic mass is 9.96. The first-order valence-corrected chi connectivity index (χ1v) is 6.85. The van der Waals surface area contributed by atoms with E-state index in [1.165, 1.54) is 5.69 Å². The lowest BCUT2D eigenvalue weighted by molar-refractivity contribution is 0.0971. The Balaban J connectivity index is 2.30. The van der Waals surface area contributed by atoms with Crippen LogP contribution in [0.5, 0.6) is 0 Å². The number of carbonyl (C=O) groups excluding carboxylic acids is 1. The number of Topliss-reactive ketones (excluding diaryl/α,β-unsaturated/α-hetero) is 1. The summed E-state index contributed by atoms with van der Waals surface area (Å²) in [6.45, 7) is 2.22. The fraction of sp³-hybridized carbons (Fsp3) is 0.583. The average molecular weight is 223 g/mol. The summed E-state index contributed by atoms with van der Waals surface area (Å²) in [5.74, 6) is 1.43. The lowest BCUT2D eigenvalue weighted by Crippen LogP contribution is -2.16. The first-order chi connectivity index (χ1) is 7.24. The standard InChI is InChI=1S/C12H17NOS/c1-9(8-15-2)13-7-6-10-11(13)4-3-5-12(10)14/h6-7,9H,3-5,8H2,1-2H3. The van der Waals surface area contributed by atoms with Crippen molar-refractivity contribution in [2.24, 2.45) is 0 Å². The predicted molar refractivity (Wildman–Crippen MR) is 64.8 cm³/mol. The van der Waals surface area contributed by atoms with Crippen molar-refractivity contribution < 1.29 is 4.79 Å². The van der Waals surface area contributed by atoms with Crippen LogP contribution in [0.25, 0.3) is 0 Å². The SMILES string of the molecule is CSCC(C)n1ccc2c1CCCC2=O. The predicted octanol–water partition coefficient (Wildman–Crippen LogP) is 2.93. The van der Waals surface area contributed by atoms with Crippen molar-refractivity contribution >= 4 is 17.5 Å². The topological polar surface area (TPSA) is 22.0 Å². The average Bonchev–Trinajstić information content (AvgIpc) is 2.63. The van der Waals surface area contributed by atoms with Crippen molar-refractivity contribution in [3.63, 3.8) is 0 Å². The first kappa shape index (κ1) is 10.8. The van der Waals surface area contributed by atoms with Crippen LogP contribution in [0.3, 0.4) is 0 Å². The van der Waals surface area contributed by atoms with Crippen LogP contribution in [-0.4, -0.2) is 22.4 Å². The highest BCUT2D eigenvalue weighted by molar-refractivity contribution is 7.98. The molecule has 1 unspecified atom stereocenters. The van der Waals surface area contributed by atoms with Crippen LogP contribution in [0, 0.1) is 0 Å². The van der Waals surface area contributed by atoms with Gasteiger partial charge in [-0.25, -0.2) is 0 Å². The zero-order valence-corrected chi connectivity index (χ0v) is 10.1. The van der Waals surface area contributed by atoms with Crippen molar-refractivity contribution in [1.82, 2.24) is 4.57 Å². The Kier molecular flexibility index (Phi) is 3.19. The Morgan fingerprint density at radius 3 is 3.07 bits per heavy atom. The van der Waals surface area contributed by atoms with Gasteiger partial charge in [-0.3, -0.25) is 4.79 Å². The molecule has 0 N–H and O–H groups in total.